The van der Waals surface area contributed by atoms with Crippen molar-refractivity contribution in [2.45, 2.75) is 13.3 Å². The number of hydrogen-bond acceptors (Lipinski definition) is 6. The van der Waals surface area contributed by atoms with E-state index in [2.05, 4.69) is 32.3 Å². The van der Waals surface area contributed by atoms with Gasteiger partial charge in [-0.25, -0.2) is 14.8 Å². The van der Waals surface area contributed by atoms with E-state index in [4.69, 9.17) is 0 Å². The number of esters is 1. The molecule has 0 aromatic carbocycles. The molecule has 0 saturated heterocycles. The molecule has 0 saturated carbocycles. The predicted octanol–water partition coefficient (Wildman–Crippen LogP) is 0.675. The van der Waals surface area contributed by atoms with E-state index in [1.165, 1.54) is 13.3 Å². The summed E-state index contributed by atoms with van der Waals surface area (Å²) in [5.74, 6) is 0.183. The monoisotopic (exact) mass is 238 g/mol. The molecular formula is C11H18N4O2. The molecular weight excluding hydrogens is 220 g/mol. The molecule has 1 rings (SSSR count). The van der Waals surface area contributed by atoms with Crippen molar-refractivity contribution >= 4 is 11.8 Å². The molecule has 0 radical (unpaired) electrons. The molecule has 6 nitrogen and oxygen atoms in total. The van der Waals surface area contributed by atoms with Gasteiger partial charge in [0.15, 0.2) is 0 Å². The van der Waals surface area contributed by atoms with E-state index in [1.54, 1.807) is 6.07 Å². The highest BCUT2D eigenvalue weighted by Gasteiger charge is 2.08. The maximum absolute atomic E-state index is 11.2. The van der Waals surface area contributed by atoms with E-state index in [1.807, 2.05) is 0 Å². The molecule has 1 aromatic heterocycles. The summed E-state index contributed by atoms with van der Waals surface area (Å²) >= 11 is 0. The SMILES string of the molecule is CCNCCCNc1ccnc(C(=O)OC)n1. The summed E-state index contributed by atoms with van der Waals surface area (Å²) in [6.07, 6.45) is 2.53. The number of hydrogen-bond donors (Lipinski definition) is 2. The molecule has 0 bridgehead atoms. The maximum atomic E-state index is 11.2. The van der Waals surface area contributed by atoms with Gasteiger partial charge < -0.3 is 15.4 Å². The number of carbonyl (C=O) groups excluding carboxylic acids is 1. The van der Waals surface area contributed by atoms with Crippen LogP contribution in [-0.2, 0) is 4.74 Å². The lowest BCUT2D eigenvalue weighted by atomic mass is 10.4. The molecule has 1 heterocycles. The first-order chi connectivity index (χ1) is 8.27. The highest BCUT2D eigenvalue weighted by Crippen LogP contribution is 2.02. The zero-order valence-electron chi connectivity index (χ0n) is 10.2. The zero-order chi connectivity index (χ0) is 12.5. The van der Waals surface area contributed by atoms with E-state index in [0.29, 0.717) is 5.82 Å². The van der Waals surface area contributed by atoms with Gasteiger partial charge in [-0.05, 0) is 25.6 Å². The molecule has 0 aliphatic carbocycles. The van der Waals surface area contributed by atoms with Crippen LogP contribution in [0.25, 0.3) is 0 Å². The number of aromatic nitrogens is 2. The van der Waals surface area contributed by atoms with E-state index in [-0.39, 0.29) is 5.82 Å². The minimum Gasteiger partial charge on any atom is -0.463 e. The van der Waals surface area contributed by atoms with Crippen molar-refractivity contribution in [1.82, 2.24) is 15.3 Å². The highest BCUT2D eigenvalue weighted by molar-refractivity contribution is 5.85. The summed E-state index contributed by atoms with van der Waals surface area (Å²) < 4.78 is 4.55. The Morgan fingerprint density at radius 3 is 3.00 bits per heavy atom. The molecule has 0 unspecified atom stereocenters. The van der Waals surface area contributed by atoms with Gasteiger partial charge in [-0.2, -0.15) is 0 Å². The van der Waals surface area contributed by atoms with Gasteiger partial charge >= 0.3 is 5.97 Å². The summed E-state index contributed by atoms with van der Waals surface area (Å²) in [6, 6.07) is 1.72. The molecule has 1 aromatic rings. The van der Waals surface area contributed by atoms with Gasteiger partial charge in [-0.1, -0.05) is 6.92 Å². The van der Waals surface area contributed by atoms with Crippen molar-refractivity contribution in [3.8, 4) is 0 Å². The molecule has 94 valence electrons. The topological polar surface area (TPSA) is 76.1 Å². The number of ether oxygens (including phenoxy) is 1. The average Bonchev–Trinajstić information content (AvgIpc) is 2.38. The first kappa shape index (κ1) is 13.4. The minimum absolute atomic E-state index is 0.0733. The lowest BCUT2D eigenvalue weighted by Gasteiger charge is -2.06. The highest BCUT2D eigenvalue weighted by atomic mass is 16.5. The second-order valence-electron chi connectivity index (χ2n) is 3.39. The second kappa shape index (κ2) is 7.56. The van der Waals surface area contributed by atoms with Gasteiger partial charge in [0.1, 0.15) is 5.82 Å². The van der Waals surface area contributed by atoms with Gasteiger partial charge in [0.2, 0.25) is 5.82 Å². The Bertz CT molecular complexity index is 357. The first-order valence-corrected chi connectivity index (χ1v) is 5.64. The van der Waals surface area contributed by atoms with Gasteiger partial charge in [0, 0.05) is 12.7 Å². The standard InChI is InChI=1S/C11H18N4O2/c1-3-12-6-4-7-13-9-5-8-14-10(15-9)11(16)17-2/h5,8,12H,3-4,6-7H2,1-2H3,(H,13,14,15). The third-order valence-corrected chi connectivity index (χ3v) is 2.11. The fraction of sp³-hybridized carbons (Fsp3) is 0.545. The van der Waals surface area contributed by atoms with Crippen LogP contribution in [0.1, 0.15) is 24.0 Å². The lowest BCUT2D eigenvalue weighted by Crippen LogP contribution is -2.17. The number of nitrogens with one attached hydrogen (secondary N) is 2. The largest absolute Gasteiger partial charge is 0.463 e. The van der Waals surface area contributed by atoms with Crippen molar-refractivity contribution in [2.75, 3.05) is 32.1 Å². The van der Waals surface area contributed by atoms with Crippen LogP contribution in [0, 0.1) is 0 Å². The van der Waals surface area contributed by atoms with Crippen LogP contribution >= 0.6 is 0 Å². The Hall–Kier alpha value is -1.69. The van der Waals surface area contributed by atoms with Crippen molar-refractivity contribution in [3.05, 3.63) is 18.1 Å². The van der Waals surface area contributed by atoms with Crippen molar-refractivity contribution in [1.29, 1.82) is 0 Å². The number of anilines is 1. The molecule has 6 heteroatoms. The summed E-state index contributed by atoms with van der Waals surface area (Å²) in [6.45, 7) is 4.80. The molecule has 2 N–H and O–H groups in total. The molecule has 0 amide bonds. The molecule has 0 atom stereocenters. The normalized spacial score (nSPS) is 10.0. The Morgan fingerprint density at radius 2 is 2.29 bits per heavy atom. The van der Waals surface area contributed by atoms with Gasteiger partial charge in [0.25, 0.3) is 0 Å². The minimum atomic E-state index is -0.527. The Labute approximate surface area is 101 Å². The van der Waals surface area contributed by atoms with Crippen molar-refractivity contribution < 1.29 is 9.53 Å². The Balaban J connectivity index is 2.40. The van der Waals surface area contributed by atoms with E-state index < -0.39 is 5.97 Å². The van der Waals surface area contributed by atoms with E-state index in [9.17, 15) is 4.79 Å². The average molecular weight is 238 g/mol. The summed E-state index contributed by atoms with van der Waals surface area (Å²) in [5, 5.41) is 6.35. The number of methoxy groups -OCH3 is 1. The maximum Gasteiger partial charge on any atom is 0.376 e. The number of carbonyl (C=O) groups is 1. The van der Waals surface area contributed by atoms with Crippen LogP contribution in [0.3, 0.4) is 0 Å². The third kappa shape index (κ3) is 4.78. The fourth-order valence-corrected chi connectivity index (χ4v) is 1.25. The summed E-state index contributed by atoms with van der Waals surface area (Å²) in [4.78, 5) is 19.1. The van der Waals surface area contributed by atoms with E-state index in [0.717, 1.165) is 26.1 Å². The summed E-state index contributed by atoms with van der Waals surface area (Å²) in [7, 11) is 1.31. The lowest BCUT2D eigenvalue weighted by molar-refractivity contribution is 0.0587. The van der Waals surface area contributed by atoms with Gasteiger partial charge in [-0.15, -0.1) is 0 Å². The number of rotatable bonds is 7. The van der Waals surface area contributed by atoms with Crippen LogP contribution in [0.15, 0.2) is 12.3 Å². The first-order valence-electron chi connectivity index (χ1n) is 5.64. The van der Waals surface area contributed by atoms with Crippen LogP contribution < -0.4 is 10.6 Å². The van der Waals surface area contributed by atoms with Gasteiger partial charge in [0.05, 0.1) is 7.11 Å². The molecule has 0 fully saturated rings. The van der Waals surface area contributed by atoms with E-state index >= 15 is 0 Å². The predicted molar refractivity (Wildman–Crippen MR) is 65.0 cm³/mol. The third-order valence-electron chi connectivity index (χ3n) is 2.11. The van der Waals surface area contributed by atoms with Crippen LogP contribution in [0.5, 0.6) is 0 Å². The Morgan fingerprint density at radius 1 is 1.47 bits per heavy atom. The van der Waals surface area contributed by atoms with Crippen LogP contribution in [-0.4, -0.2) is 42.7 Å². The van der Waals surface area contributed by atoms with Crippen LogP contribution in [0.4, 0.5) is 5.82 Å². The summed E-state index contributed by atoms with van der Waals surface area (Å²) in [5.41, 5.74) is 0. The van der Waals surface area contributed by atoms with Crippen LogP contribution in [0.2, 0.25) is 0 Å². The fourth-order valence-electron chi connectivity index (χ4n) is 1.25. The Kier molecular flexibility index (Phi) is 5.95. The molecule has 0 aliphatic rings. The zero-order valence-corrected chi connectivity index (χ0v) is 10.2. The quantitative estimate of drug-likeness (QED) is 0.537. The van der Waals surface area contributed by atoms with Crippen molar-refractivity contribution in [3.63, 3.8) is 0 Å². The molecule has 0 spiro atoms. The van der Waals surface area contributed by atoms with Crippen molar-refractivity contribution in [2.24, 2.45) is 0 Å². The number of nitrogens with zero attached hydrogens (tertiary/aromatic N) is 2. The smallest absolute Gasteiger partial charge is 0.376 e. The second-order valence-corrected chi connectivity index (χ2v) is 3.39. The molecule has 0 aliphatic heterocycles. The van der Waals surface area contributed by atoms with Gasteiger partial charge in [-0.3, -0.25) is 0 Å². The molecule has 17 heavy (non-hydrogen) atoms.